The Balaban J connectivity index is 1.73. The predicted octanol–water partition coefficient (Wildman–Crippen LogP) is 3.40. The average Bonchev–Trinajstić information content (AvgIpc) is 3.06. The van der Waals surface area contributed by atoms with E-state index in [1.54, 1.807) is 13.0 Å². The molecule has 0 saturated carbocycles. The molecule has 0 radical (unpaired) electrons. The van der Waals surface area contributed by atoms with E-state index in [1.165, 1.54) is 28.3 Å². The van der Waals surface area contributed by atoms with Gasteiger partial charge >= 0.3 is 0 Å². The predicted molar refractivity (Wildman–Crippen MR) is 92.5 cm³/mol. The van der Waals surface area contributed by atoms with E-state index in [0.29, 0.717) is 17.7 Å². The van der Waals surface area contributed by atoms with Gasteiger partial charge in [-0.1, -0.05) is 6.07 Å². The van der Waals surface area contributed by atoms with Gasteiger partial charge in [-0.15, -0.1) is 11.3 Å². The molecule has 2 aromatic rings. The molecule has 128 valence electrons. The number of hydrogen-bond donors (Lipinski definition) is 2. The first kappa shape index (κ1) is 16.9. The van der Waals surface area contributed by atoms with Gasteiger partial charge in [-0.3, -0.25) is 10.1 Å². The van der Waals surface area contributed by atoms with Crippen LogP contribution in [0.1, 0.15) is 40.9 Å². The van der Waals surface area contributed by atoms with Crippen molar-refractivity contribution in [3.05, 3.63) is 40.7 Å². The summed E-state index contributed by atoms with van der Waals surface area (Å²) in [4.78, 5) is 17.9. The van der Waals surface area contributed by atoms with Crippen LogP contribution in [0.3, 0.4) is 0 Å². The fourth-order valence-corrected chi connectivity index (χ4v) is 3.76. The van der Waals surface area contributed by atoms with Gasteiger partial charge in [0.2, 0.25) is 0 Å². The van der Waals surface area contributed by atoms with E-state index in [2.05, 4.69) is 15.6 Å². The number of carbonyl (C=O) groups is 1. The normalized spacial score (nSPS) is 15.2. The first-order valence-corrected chi connectivity index (χ1v) is 8.89. The maximum absolute atomic E-state index is 13.9. The third kappa shape index (κ3) is 3.73. The summed E-state index contributed by atoms with van der Waals surface area (Å²) in [5, 5.41) is 6.61. The van der Waals surface area contributed by atoms with Crippen LogP contribution in [0.5, 0.6) is 5.75 Å². The summed E-state index contributed by atoms with van der Waals surface area (Å²) in [7, 11) is 0. The van der Waals surface area contributed by atoms with E-state index in [-0.39, 0.29) is 11.3 Å². The molecule has 24 heavy (non-hydrogen) atoms. The van der Waals surface area contributed by atoms with Gasteiger partial charge in [-0.05, 0) is 50.9 Å². The number of rotatable bonds is 5. The Labute approximate surface area is 144 Å². The Morgan fingerprint density at radius 1 is 1.46 bits per heavy atom. The molecular formula is C17H20FN3O2S. The molecular weight excluding hydrogens is 329 g/mol. The molecule has 0 spiro atoms. The third-order valence-electron chi connectivity index (χ3n) is 3.99. The second kappa shape index (κ2) is 7.72. The van der Waals surface area contributed by atoms with Crippen molar-refractivity contribution in [3.63, 3.8) is 0 Å². The van der Waals surface area contributed by atoms with E-state index in [9.17, 15) is 9.18 Å². The fourth-order valence-electron chi connectivity index (χ4n) is 2.78. The van der Waals surface area contributed by atoms with Crippen molar-refractivity contribution in [2.45, 2.75) is 25.7 Å². The minimum atomic E-state index is -0.543. The summed E-state index contributed by atoms with van der Waals surface area (Å²) in [6.07, 6.45) is 3.98. The van der Waals surface area contributed by atoms with E-state index in [4.69, 9.17) is 4.74 Å². The van der Waals surface area contributed by atoms with Crippen molar-refractivity contribution in [1.29, 1.82) is 0 Å². The molecule has 1 aromatic heterocycles. The van der Waals surface area contributed by atoms with Gasteiger partial charge in [0.1, 0.15) is 0 Å². The number of anilines is 1. The molecule has 5 nitrogen and oxygen atoms in total. The number of nitrogens with one attached hydrogen (secondary N) is 2. The number of benzene rings is 1. The number of amides is 1. The number of halogens is 1. The Kier molecular flexibility index (Phi) is 5.42. The smallest absolute Gasteiger partial charge is 0.261 e. The van der Waals surface area contributed by atoms with Crippen LogP contribution in [-0.2, 0) is 0 Å². The number of hydrogen-bond acceptors (Lipinski definition) is 5. The molecule has 1 amide bonds. The number of aromatic nitrogens is 1. The van der Waals surface area contributed by atoms with Gasteiger partial charge < -0.3 is 10.1 Å². The zero-order valence-corrected chi connectivity index (χ0v) is 14.3. The van der Waals surface area contributed by atoms with Crippen molar-refractivity contribution >= 4 is 22.4 Å². The maximum Gasteiger partial charge on any atom is 0.261 e. The van der Waals surface area contributed by atoms with Crippen molar-refractivity contribution < 1.29 is 13.9 Å². The second-order valence-electron chi connectivity index (χ2n) is 5.60. The molecule has 0 unspecified atom stereocenters. The minimum absolute atomic E-state index is 0.0207. The summed E-state index contributed by atoms with van der Waals surface area (Å²) in [5.41, 5.74) is 0.176. The van der Waals surface area contributed by atoms with Crippen LogP contribution in [0.15, 0.2) is 24.4 Å². The lowest BCUT2D eigenvalue weighted by Crippen LogP contribution is -2.26. The minimum Gasteiger partial charge on any atom is -0.490 e. The van der Waals surface area contributed by atoms with Crippen LogP contribution in [-0.4, -0.2) is 30.6 Å². The number of carbonyl (C=O) groups excluding carboxylic acids is 1. The molecule has 0 aliphatic carbocycles. The second-order valence-corrected chi connectivity index (χ2v) is 6.66. The number of para-hydroxylation sites is 1. The molecule has 2 N–H and O–H groups in total. The van der Waals surface area contributed by atoms with Crippen molar-refractivity contribution in [1.82, 2.24) is 10.3 Å². The van der Waals surface area contributed by atoms with Gasteiger partial charge in [-0.25, -0.2) is 9.37 Å². The topological polar surface area (TPSA) is 63.2 Å². The highest BCUT2D eigenvalue weighted by atomic mass is 32.1. The molecule has 1 aromatic carbocycles. The lowest BCUT2D eigenvalue weighted by molar-refractivity contribution is 0.102. The fraction of sp³-hybridized carbons (Fsp3) is 0.412. The van der Waals surface area contributed by atoms with Crippen LogP contribution in [0.25, 0.3) is 0 Å². The van der Waals surface area contributed by atoms with Crippen LogP contribution in [0, 0.1) is 5.82 Å². The zero-order valence-electron chi connectivity index (χ0n) is 13.5. The summed E-state index contributed by atoms with van der Waals surface area (Å²) >= 11 is 1.48. The van der Waals surface area contributed by atoms with Crippen molar-refractivity contribution in [3.8, 4) is 5.75 Å². The molecule has 1 saturated heterocycles. The van der Waals surface area contributed by atoms with Crippen LogP contribution < -0.4 is 15.4 Å². The Bertz CT molecular complexity index is 714. The number of ether oxygens (including phenoxy) is 1. The van der Waals surface area contributed by atoms with E-state index >= 15 is 0 Å². The molecule has 0 bridgehead atoms. The van der Waals surface area contributed by atoms with Crippen LogP contribution in [0.4, 0.5) is 9.52 Å². The summed E-state index contributed by atoms with van der Waals surface area (Å²) in [6.45, 7) is 4.05. The Morgan fingerprint density at radius 2 is 2.25 bits per heavy atom. The van der Waals surface area contributed by atoms with E-state index < -0.39 is 11.7 Å². The molecule has 7 heteroatoms. The number of nitrogens with zero attached hydrogens (tertiary/aromatic N) is 1. The highest BCUT2D eigenvalue weighted by Gasteiger charge is 2.20. The third-order valence-corrected chi connectivity index (χ3v) is 5.06. The van der Waals surface area contributed by atoms with Gasteiger partial charge in [0.25, 0.3) is 5.91 Å². The standard InChI is InChI=1S/C17H20FN3O2S/c1-2-23-15-12(4-3-5-13(15)18)16(22)21-17-20-10-14(24-17)11-6-8-19-9-7-11/h3-5,10-11,19H,2,6-9H2,1H3,(H,20,21,22). The molecule has 1 fully saturated rings. The zero-order chi connectivity index (χ0) is 16.9. The number of piperidine rings is 1. The molecule has 2 heterocycles. The van der Waals surface area contributed by atoms with Gasteiger partial charge in [0, 0.05) is 11.1 Å². The SMILES string of the molecule is CCOc1c(F)cccc1C(=O)Nc1ncc(C2CCNCC2)s1. The van der Waals surface area contributed by atoms with Gasteiger partial charge in [0.05, 0.1) is 12.2 Å². The van der Waals surface area contributed by atoms with Gasteiger partial charge in [-0.2, -0.15) is 0 Å². The quantitative estimate of drug-likeness (QED) is 0.868. The van der Waals surface area contributed by atoms with Crippen molar-refractivity contribution in [2.24, 2.45) is 0 Å². The maximum atomic E-state index is 13.9. The summed E-state index contributed by atoms with van der Waals surface area (Å²) in [6, 6.07) is 4.32. The Morgan fingerprint density at radius 3 is 3.00 bits per heavy atom. The van der Waals surface area contributed by atoms with Crippen molar-refractivity contribution in [2.75, 3.05) is 25.0 Å². The Hall–Kier alpha value is -1.99. The lowest BCUT2D eigenvalue weighted by atomic mass is 9.97. The molecule has 0 atom stereocenters. The molecule has 1 aliphatic rings. The summed E-state index contributed by atoms with van der Waals surface area (Å²) in [5.74, 6) is -0.488. The van der Waals surface area contributed by atoms with Crippen LogP contribution in [0.2, 0.25) is 0 Å². The molecule has 3 rings (SSSR count). The monoisotopic (exact) mass is 349 g/mol. The highest BCUT2D eigenvalue weighted by molar-refractivity contribution is 7.15. The largest absolute Gasteiger partial charge is 0.490 e. The van der Waals surface area contributed by atoms with Crippen LogP contribution >= 0.6 is 11.3 Å². The number of thiazole rings is 1. The highest BCUT2D eigenvalue weighted by Crippen LogP contribution is 2.32. The van der Waals surface area contributed by atoms with E-state index in [0.717, 1.165) is 25.9 Å². The first-order valence-electron chi connectivity index (χ1n) is 8.08. The lowest BCUT2D eigenvalue weighted by Gasteiger charge is -2.20. The molecule has 1 aliphatic heterocycles. The first-order chi connectivity index (χ1) is 11.7. The van der Waals surface area contributed by atoms with Gasteiger partial charge in [0.15, 0.2) is 16.7 Å². The average molecular weight is 349 g/mol. The summed E-state index contributed by atoms with van der Waals surface area (Å²) < 4.78 is 19.1. The van der Waals surface area contributed by atoms with E-state index in [1.807, 2.05) is 6.20 Å².